The van der Waals surface area contributed by atoms with Crippen LogP contribution in [0.4, 0.5) is 5.82 Å². The second-order valence-electron chi connectivity index (χ2n) is 7.01. The molecule has 0 radical (unpaired) electrons. The summed E-state index contributed by atoms with van der Waals surface area (Å²) in [5.74, 6) is 0.911. The molecule has 134 valence electrons. The number of rotatable bonds is 4. The van der Waals surface area contributed by atoms with Crippen LogP contribution < -0.4 is 10.2 Å². The highest BCUT2D eigenvalue weighted by Gasteiger charge is 2.21. The quantitative estimate of drug-likeness (QED) is 0.906. The number of anilines is 1. The minimum atomic E-state index is 0.149. The van der Waals surface area contributed by atoms with Crippen LogP contribution in [-0.4, -0.2) is 54.6 Å². The summed E-state index contributed by atoms with van der Waals surface area (Å²) < 4.78 is 0. The first-order chi connectivity index (χ1) is 12.3. The van der Waals surface area contributed by atoms with E-state index >= 15 is 0 Å². The largest absolute Gasteiger partial charge is 0.354 e. The normalized spacial score (nSPS) is 19.9. The van der Waals surface area contributed by atoms with Gasteiger partial charge in [0.2, 0.25) is 5.91 Å². The van der Waals surface area contributed by atoms with E-state index in [0.717, 1.165) is 51.3 Å². The Balaban J connectivity index is 1.51. The number of nitrogens with zero attached hydrogens (tertiary/aromatic N) is 4. The maximum absolute atomic E-state index is 12.3. The summed E-state index contributed by atoms with van der Waals surface area (Å²) in [6.07, 6.45) is 8.71. The molecule has 0 aromatic carbocycles. The molecule has 1 aliphatic carbocycles. The number of hydrogen-bond acceptors (Lipinski definition) is 5. The third-order valence-electron chi connectivity index (χ3n) is 5.13. The molecule has 1 saturated carbocycles. The lowest BCUT2D eigenvalue weighted by Gasteiger charge is -2.25. The van der Waals surface area contributed by atoms with Gasteiger partial charge in [-0.1, -0.05) is 19.3 Å². The summed E-state index contributed by atoms with van der Waals surface area (Å²) in [5.41, 5.74) is 0.617. The van der Waals surface area contributed by atoms with E-state index in [2.05, 4.69) is 26.2 Å². The van der Waals surface area contributed by atoms with Gasteiger partial charge in [-0.2, -0.15) is 5.26 Å². The minimum Gasteiger partial charge on any atom is -0.354 e. The van der Waals surface area contributed by atoms with Gasteiger partial charge in [-0.05, 0) is 31.4 Å². The lowest BCUT2D eigenvalue weighted by molar-refractivity contribution is -0.123. The summed E-state index contributed by atoms with van der Waals surface area (Å²) >= 11 is 0. The summed E-state index contributed by atoms with van der Waals surface area (Å²) in [5, 5.41) is 12.5. The fourth-order valence-electron chi connectivity index (χ4n) is 3.80. The molecule has 0 unspecified atom stereocenters. The SMILES string of the molecule is N#Cc1cccnc1N1CCCN(CC(=O)NC2CCCCC2)CC1. The van der Waals surface area contributed by atoms with Crippen molar-refractivity contribution in [1.29, 1.82) is 5.26 Å². The zero-order valence-corrected chi connectivity index (χ0v) is 14.8. The Bertz CT molecular complexity index is 620. The van der Waals surface area contributed by atoms with E-state index < -0.39 is 0 Å². The second-order valence-corrected chi connectivity index (χ2v) is 7.01. The van der Waals surface area contributed by atoms with Crippen LogP contribution in [0.15, 0.2) is 18.3 Å². The fourth-order valence-corrected chi connectivity index (χ4v) is 3.80. The Morgan fingerprint density at radius 1 is 1.20 bits per heavy atom. The van der Waals surface area contributed by atoms with E-state index in [-0.39, 0.29) is 5.91 Å². The van der Waals surface area contributed by atoms with Gasteiger partial charge < -0.3 is 10.2 Å². The van der Waals surface area contributed by atoms with Crippen LogP contribution >= 0.6 is 0 Å². The molecule has 1 aromatic heterocycles. The molecule has 2 fully saturated rings. The average Bonchev–Trinajstić information content (AvgIpc) is 2.88. The molecule has 6 heteroatoms. The molecular formula is C19H27N5O. The van der Waals surface area contributed by atoms with E-state index in [9.17, 15) is 10.1 Å². The van der Waals surface area contributed by atoms with E-state index in [4.69, 9.17) is 0 Å². The molecule has 2 aliphatic rings. The molecule has 1 amide bonds. The van der Waals surface area contributed by atoms with Crippen molar-refractivity contribution in [2.45, 2.75) is 44.6 Å². The predicted octanol–water partition coefficient (Wildman–Crippen LogP) is 1.91. The molecule has 25 heavy (non-hydrogen) atoms. The summed E-state index contributed by atoms with van der Waals surface area (Å²) in [6.45, 7) is 3.86. The Hall–Kier alpha value is -2.13. The van der Waals surface area contributed by atoms with Crippen LogP contribution in [0.25, 0.3) is 0 Å². The number of nitriles is 1. The molecule has 1 aromatic rings. The van der Waals surface area contributed by atoms with Crippen LogP contribution in [0.5, 0.6) is 0 Å². The number of carbonyl (C=O) groups is 1. The van der Waals surface area contributed by atoms with Crippen molar-refractivity contribution in [3.63, 3.8) is 0 Å². The number of carbonyl (C=O) groups excluding carboxylic acids is 1. The van der Waals surface area contributed by atoms with E-state index in [1.54, 1.807) is 12.3 Å². The van der Waals surface area contributed by atoms with Crippen LogP contribution in [0.2, 0.25) is 0 Å². The zero-order valence-electron chi connectivity index (χ0n) is 14.8. The van der Waals surface area contributed by atoms with Gasteiger partial charge in [-0.15, -0.1) is 0 Å². The molecule has 3 rings (SSSR count). The van der Waals surface area contributed by atoms with Gasteiger partial charge in [-0.3, -0.25) is 9.69 Å². The minimum absolute atomic E-state index is 0.149. The third-order valence-corrected chi connectivity index (χ3v) is 5.13. The Kier molecular flexibility index (Phi) is 6.24. The molecule has 1 saturated heterocycles. The highest BCUT2D eigenvalue weighted by Crippen LogP contribution is 2.19. The molecule has 0 spiro atoms. The van der Waals surface area contributed by atoms with E-state index in [0.29, 0.717) is 18.2 Å². The lowest BCUT2D eigenvalue weighted by Crippen LogP contribution is -2.43. The number of hydrogen-bond donors (Lipinski definition) is 1. The lowest BCUT2D eigenvalue weighted by atomic mass is 9.95. The number of aromatic nitrogens is 1. The standard InChI is InChI=1S/C19H27N5O/c20-14-16-6-4-9-21-19(16)24-11-5-10-23(12-13-24)15-18(25)22-17-7-2-1-3-8-17/h4,6,9,17H,1-3,5,7-8,10-13,15H2,(H,22,25). The Labute approximate surface area is 149 Å². The van der Waals surface area contributed by atoms with Gasteiger partial charge in [0.15, 0.2) is 0 Å². The summed E-state index contributed by atoms with van der Waals surface area (Å²) in [7, 11) is 0. The molecule has 1 N–H and O–H groups in total. The molecule has 0 atom stereocenters. The zero-order chi connectivity index (χ0) is 17.5. The van der Waals surface area contributed by atoms with Crippen molar-refractivity contribution in [1.82, 2.24) is 15.2 Å². The van der Waals surface area contributed by atoms with Crippen molar-refractivity contribution >= 4 is 11.7 Å². The second kappa shape index (κ2) is 8.82. The average molecular weight is 341 g/mol. The van der Waals surface area contributed by atoms with E-state index in [1.807, 2.05) is 6.07 Å². The van der Waals surface area contributed by atoms with Crippen molar-refractivity contribution in [2.75, 3.05) is 37.6 Å². The first-order valence-electron chi connectivity index (χ1n) is 9.38. The van der Waals surface area contributed by atoms with Crippen LogP contribution in [0.3, 0.4) is 0 Å². The number of nitrogens with one attached hydrogen (secondary N) is 1. The van der Waals surface area contributed by atoms with Crippen molar-refractivity contribution < 1.29 is 4.79 Å². The third kappa shape index (κ3) is 4.93. The van der Waals surface area contributed by atoms with Gasteiger partial charge in [-0.25, -0.2) is 4.98 Å². The summed E-state index contributed by atoms with van der Waals surface area (Å²) in [4.78, 5) is 21.1. The predicted molar refractivity (Wildman–Crippen MR) is 97.2 cm³/mol. The maximum atomic E-state index is 12.3. The molecule has 6 nitrogen and oxygen atoms in total. The van der Waals surface area contributed by atoms with E-state index in [1.165, 1.54) is 19.3 Å². The highest BCUT2D eigenvalue weighted by molar-refractivity contribution is 5.78. The fraction of sp³-hybridized carbons (Fsp3) is 0.632. The maximum Gasteiger partial charge on any atom is 0.234 e. The smallest absolute Gasteiger partial charge is 0.234 e. The van der Waals surface area contributed by atoms with Gasteiger partial charge in [0.1, 0.15) is 11.9 Å². The Morgan fingerprint density at radius 3 is 2.84 bits per heavy atom. The topological polar surface area (TPSA) is 72.3 Å². The number of amides is 1. The number of pyridine rings is 1. The van der Waals surface area contributed by atoms with Crippen LogP contribution in [-0.2, 0) is 4.79 Å². The molecule has 1 aliphatic heterocycles. The molecule has 0 bridgehead atoms. The van der Waals surface area contributed by atoms with Crippen molar-refractivity contribution in [3.05, 3.63) is 23.9 Å². The first kappa shape index (κ1) is 17.7. The van der Waals surface area contributed by atoms with Gasteiger partial charge in [0, 0.05) is 38.4 Å². The van der Waals surface area contributed by atoms with Crippen LogP contribution in [0.1, 0.15) is 44.1 Å². The highest BCUT2D eigenvalue weighted by atomic mass is 16.2. The Morgan fingerprint density at radius 2 is 2.04 bits per heavy atom. The van der Waals surface area contributed by atoms with Crippen molar-refractivity contribution in [2.24, 2.45) is 0 Å². The van der Waals surface area contributed by atoms with Crippen LogP contribution in [0, 0.1) is 11.3 Å². The van der Waals surface area contributed by atoms with Gasteiger partial charge in [0.05, 0.1) is 12.1 Å². The molecular weight excluding hydrogens is 314 g/mol. The van der Waals surface area contributed by atoms with Gasteiger partial charge >= 0.3 is 0 Å². The molecule has 2 heterocycles. The monoisotopic (exact) mass is 341 g/mol. The van der Waals surface area contributed by atoms with Gasteiger partial charge in [0.25, 0.3) is 0 Å². The van der Waals surface area contributed by atoms with Crippen molar-refractivity contribution in [3.8, 4) is 6.07 Å². The summed E-state index contributed by atoms with van der Waals surface area (Å²) in [6, 6.07) is 6.19. The first-order valence-corrected chi connectivity index (χ1v) is 9.38.